The zero-order chi connectivity index (χ0) is 16.9. The van der Waals surface area contributed by atoms with Crippen molar-refractivity contribution in [2.75, 3.05) is 19.7 Å². The van der Waals surface area contributed by atoms with Crippen LogP contribution in [0.5, 0.6) is 0 Å². The van der Waals surface area contributed by atoms with Gasteiger partial charge in [0.2, 0.25) is 0 Å². The third-order valence-corrected chi connectivity index (χ3v) is 4.01. The number of likely N-dealkylation sites (tertiary alicyclic amines) is 1. The van der Waals surface area contributed by atoms with Crippen molar-refractivity contribution in [3.8, 4) is 0 Å². The van der Waals surface area contributed by atoms with Gasteiger partial charge in [0, 0.05) is 19.7 Å². The summed E-state index contributed by atoms with van der Waals surface area (Å²) >= 11 is 0. The van der Waals surface area contributed by atoms with Gasteiger partial charge in [0.25, 0.3) is 0 Å². The highest BCUT2D eigenvalue weighted by atomic mass is 16.6. The first-order chi connectivity index (χ1) is 10.8. The van der Waals surface area contributed by atoms with Crippen LogP contribution in [0.4, 0.5) is 4.79 Å². The van der Waals surface area contributed by atoms with Gasteiger partial charge in [-0.2, -0.15) is 0 Å². The summed E-state index contributed by atoms with van der Waals surface area (Å²) in [5, 5.41) is 0. The molecule has 0 bridgehead atoms. The lowest BCUT2D eigenvalue weighted by Crippen LogP contribution is -2.43. The van der Waals surface area contributed by atoms with Crippen molar-refractivity contribution in [2.24, 2.45) is 5.92 Å². The molecule has 23 heavy (non-hydrogen) atoms. The number of hydrogen-bond acceptors (Lipinski definition) is 4. The molecule has 1 aromatic heterocycles. The van der Waals surface area contributed by atoms with Crippen LogP contribution in [0.1, 0.15) is 58.8 Å². The van der Waals surface area contributed by atoms with Gasteiger partial charge in [-0.25, -0.2) is 4.79 Å². The molecule has 5 nitrogen and oxygen atoms in total. The van der Waals surface area contributed by atoms with E-state index in [0.29, 0.717) is 12.5 Å². The van der Waals surface area contributed by atoms with Crippen LogP contribution in [-0.4, -0.2) is 36.3 Å². The average Bonchev–Trinajstić information content (AvgIpc) is 3.00. The Morgan fingerprint density at radius 3 is 2.91 bits per heavy atom. The molecule has 2 rings (SSSR count). The highest BCUT2D eigenvalue weighted by molar-refractivity contribution is 5.68. The van der Waals surface area contributed by atoms with E-state index >= 15 is 0 Å². The Balaban J connectivity index is 1.72. The smallest absolute Gasteiger partial charge is 0.410 e. The Bertz CT molecular complexity index is 478. The topological polar surface area (TPSA) is 51.9 Å². The van der Waals surface area contributed by atoms with Crippen LogP contribution < -0.4 is 0 Å². The number of ether oxygens (including phenoxy) is 2. The van der Waals surface area contributed by atoms with Gasteiger partial charge < -0.3 is 18.8 Å². The van der Waals surface area contributed by atoms with Crippen molar-refractivity contribution < 1.29 is 18.7 Å². The summed E-state index contributed by atoms with van der Waals surface area (Å²) in [5.41, 5.74) is -0.439. The normalized spacial score (nSPS) is 20.3. The molecule has 0 unspecified atom stereocenters. The lowest BCUT2D eigenvalue weighted by atomic mass is 9.95. The van der Waals surface area contributed by atoms with Gasteiger partial charge in [0.05, 0.1) is 6.26 Å². The molecule has 1 aliphatic rings. The van der Waals surface area contributed by atoms with E-state index in [1.54, 1.807) is 6.26 Å². The number of piperidine rings is 1. The molecule has 5 heteroatoms. The van der Waals surface area contributed by atoms with Crippen molar-refractivity contribution in [2.45, 2.75) is 58.7 Å². The van der Waals surface area contributed by atoms with Gasteiger partial charge in [-0.1, -0.05) is 0 Å². The SMILES string of the molecule is C[C@@H](OCC[C@@H]1CCCN(C(=O)OC(C)(C)C)C1)c1ccco1. The number of hydrogen-bond donors (Lipinski definition) is 0. The fraction of sp³-hybridized carbons (Fsp3) is 0.722. The zero-order valence-corrected chi connectivity index (χ0v) is 14.7. The molecule has 2 atom stereocenters. The molecule has 1 fully saturated rings. The zero-order valence-electron chi connectivity index (χ0n) is 14.7. The number of rotatable bonds is 5. The Hall–Kier alpha value is -1.49. The third-order valence-electron chi connectivity index (χ3n) is 4.01. The monoisotopic (exact) mass is 323 g/mol. The maximum atomic E-state index is 12.2. The molecular weight excluding hydrogens is 294 g/mol. The minimum atomic E-state index is -0.439. The molecule has 1 saturated heterocycles. The summed E-state index contributed by atoms with van der Waals surface area (Å²) in [6.45, 7) is 9.91. The van der Waals surface area contributed by atoms with E-state index in [0.717, 1.165) is 38.1 Å². The van der Waals surface area contributed by atoms with E-state index in [1.807, 2.05) is 44.7 Å². The fourth-order valence-corrected chi connectivity index (χ4v) is 2.81. The molecule has 0 radical (unpaired) electrons. The molecule has 0 spiro atoms. The minimum Gasteiger partial charge on any atom is -0.467 e. The van der Waals surface area contributed by atoms with Crippen molar-refractivity contribution in [1.29, 1.82) is 0 Å². The van der Waals surface area contributed by atoms with Crippen LogP contribution in [-0.2, 0) is 9.47 Å². The molecular formula is C18H29NO4. The van der Waals surface area contributed by atoms with E-state index < -0.39 is 5.60 Å². The largest absolute Gasteiger partial charge is 0.467 e. The number of carbonyl (C=O) groups excluding carboxylic acids is 1. The Kier molecular flexibility index (Phi) is 6.10. The molecule has 0 N–H and O–H groups in total. The van der Waals surface area contributed by atoms with Crippen molar-refractivity contribution in [3.05, 3.63) is 24.2 Å². The number of amides is 1. The van der Waals surface area contributed by atoms with Crippen LogP contribution in [0.3, 0.4) is 0 Å². The second kappa shape index (κ2) is 7.86. The van der Waals surface area contributed by atoms with Crippen LogP contribution >= 0.6 is 0 Å². The molecule has 0 saturated carbocycles. The number of nitrogens with zero attached hydrogens (tertiary/aromatic N) is 1. The second-order valence-corrected chi connectivity index (χ2v) is 7.25. The molecule has 0 aliphatic carbocycles. The van der Waals surface area contributed by atoms with Gasteiger partial charge in [-0.15, -0.1) is 0 Å². The maximum absolute atomic E-state index is 12.2. The molecule has 130 valence electrons. The predicted molar refractivity (Wildman–Crippen MR) is 88.2 cm³/mol. The van der Waals surface area contributed by atoms with Gasteiger partial charge in [-0.3, -0.25) is 0 Å². The van der Waals surface area contributed by atoms with Crippen molar-refractivity contribution >= 4 is 6.09 Å². The van der Waals surface area contributed by atoms with Gasteiger partial charge >= 0.3 is 6.09 Å². The van der Waals surface area contributed by atoms with E-state index in [1.165, 1.54) is 0 Å². The Morgan fingerprint density at radius 1 is 1.48 bits per heavy atom. The molecule has 0 aromatic carbocycles. The maximum Gasteiger partial charge on any atom is 0.410 e. The summed E-state index contributed by atoms with van der Waals surface area (Å²) in [4.78, 5) is 14.0. The van der Waals surface area contributed by atoms with Crippen LogP contribution in [0.25, 0.3) is 0 Å². The fourth-order valence-electron chi connectivity index (χ4n) is 2.81. The van der Waals surface area contributed by atoms with E-state index in [-0.39, 0.29) is 12.2 Å². The molecule has 1 aromatic rings. The number of carbonyl (C=O) groups is 1. The van der Waals surface area contributed by atoms with Crippen LogP contribution in [0, 0.1) is 5.92 Å². The van der Waals surface area contributed by atoms with Gasteiger partial charge in [0.1, 0.15) is 17.5 Å². The lowest BCUT2D eigenvalue weighted by molar-refractivity contribution is 0.00893. The van der Waals surface area contributed by atoms with Gasteiger partial charge in [-0.05, 0) is 65.0 Å². The standard InChI is InChI=1S/C18H29NO4/c1-14(16-8-6-11-22-16)21-12-9-15-7-5-10-19(13-15)17(20)23-18(2,3)4/h6,8,11,14-15H,5,7,9-10,12-13H2,1-4H3/t14-,15+/m1/s1. The Labute approximate surface area is 138 Å². The van der Waals surface area contributed by atoms with Crippen molar-refractivity contribution in [1.82, 2.24) is 4.90 Å². The summed E-state index contributed by atoms with van der Waals surface area (Å²) in [7, 11) is 0. The average molecular weight is 323 g/mol. The van der Waals surface area contributed by atoms with Crippen LogP contribution in [0.2, 0.25) is 0 Å². The van der Waals surface area contributed by atoms with Gasteiger partial charge in [0.15, 0.2) is 0 Å². The van der Waals surface area contributed by atoms with E-state index in [9.17, 15) is 4.79 Å². The second-order valence-electron chi connectivity index (χ2n) is 7.25. The van der Waals surface area contributed by atoms with Crippen LogP contribution in [0.15, 0.2) is 22.8 Å². The summed E-state index contributed by atoms with van der Waals surface area (Å²) in [5.74, 6) is 1.32. The first-order valence-corrected chi connectivity index (χ1v) is 8.48. The summed E-state index contributed by atoms with van der Waals surface area (Å²) in [6, 6.07) is 3.80. The number of furan rings is 1. The van der Waals surface area contributed by atoms with Crippen molar-refractivity contribution in [3.63, 3.8) is 0 Å². The Morgan fingerprint density at radius 2 is 2.26 bits per heavy atom. The first kappa shape index (κ1) is 17.9. The predicted octanol–water partition coefficient (Wildman–Crippen LogP) is 4.39. The quantitative estimate of drug-likeness (QED) is 0.806. The van der Waals surface area contributed by atoms with E-state index in [4.69, 9.17) is 13.9 Å². The highest BCUT2D eigenvalue weighted by Crippen LogP contribution is 2.23. The minimum absolute atomic E-state index is 0.0319. The molecule has 1 aliphatic heterocycles. The summed E-state index contributed by atoms with van der Waals surface area (Å²) < 4.78 is 16.6. The molecule has 2 heterocycles. The highest BCUT2D eigenvalue weighted by Gasteiger charge is 2.27. The third kappa shape index (κ3) is 5.90. The van der Waals surface area contributed by atoms with E-state index in [2.05, 4.69) is 0 Å². The lowest BCUT2D eigenvalue weighted by Gasteiger charge is -2.34. The summed E-state index contributed by atoms with van der Waals surface area (Å²) in [6.07, 6.45) is 4.54. The molecule has 1 amide bonds. The first-order valence-electron chi connectivity index (χ1n) is 8.48.